The van der Waals surface area contributed by atoms with Crippen LogP contribution >= 0.6 is 12.6 Å². The SMILES string of the molecule is COC(=O)[C@H](CS)NC(=O)C1CCCC1. The molecule has 0 radical (unpaired) electrons. The fraction of sp³-hybridized carbons (Fsp3) is 0.800. The van der Waals surface area contributed by atoms with Gasteiger partial charge in [0.25, 0.3) is 0 Å². The zero-order chi connectivity index (χ0) is 11.3. The molecule has 0 aromatic rings. The molecule has 0 spiro atoms. The van der Waals surface area contributed by atoms with Crippen LogP contribution in [0.1, 0.15) is 25.7 Å². The van der Waals surface area contributed by atoms with Crippen molar-refractivity contribution in [1.29, 1.82) is 0 Å². The Morgan fingerprint density at radius 2 is 2.07 bits per heavy atom. The smallest absolute Gasteiger partial charge is 0.329 e. The number of ether oxygens (including phenoxy) is 1. The second-order valence-corrected chi connectivity index (χ2v) is 4.11. The van der Waals surface area contributed by atoms with E-state index in [0.717, 1.165) is 25.7 Å². The van der Waals surface area contributed by atoms with E-state index in [1.165, 1.54) is 7.11 Å². The number of hydrogen-bond acceptors (Lipinski definition) is 4. The maximum Gasteiger partial charge on any atom is 0.329 e. The lowest BCUT2D eigenvalue weighted by Gasteiger charge is -2.16. The van der Waals surface area contributed by atoms with Gasteiger partial charge in [0, 0.05) is 11.7 Å². The molecule has 1 atom stereocenters. The predicted molar refractivity (Wildman–Crippen MR) is 59.8 cm³/mol. The maximum absolute atomic E-state index is 11.7. The van der Waals surface area contributed by atoms with Crippen molar-refractivity contribution < 1.29 is 14.3 Å². The molecule has 0 aromatic heterocycles. The minimum absolute atomic E-state index is 0.0445. The molecule has 15 heavy (non-hydrogen) atoms. The van der Waals surface area contributed by atoms with Crippen LogP contribution in [-0.4, -0.2) is 30.8 Å². The van der Waals surface area contributed by atoms with Gasteiger partial charge in [0.05, 0.1) is 7.11 Å². The van der Waals surface area contributed by atoms with E-state index in [1.54, 1.807) is 0 Å². The van der Waals surface area contributed by atoms with Gasteiger partial charge in [-0.2, -0.15) is 12.6 Å². The highest BCUT2D eigenvalue weighted by atomic mass is 32.1. The van der Waals surface area contributed by atoms with E-state index in [9.17, 15) is 9.59 Å². The number of esters is 1. The van der Waals surface area contributed by atoms with Gasteiger partial charge in [-0.3, -0.25) is 4.79 Å². The van der Waals surface area contributed by atoms with E-state index >= 15 is 0 Å². The van der Waals surface area contributed by atoms with Crippen molar-refractivity contribution in [2.75, 3.05) is 12.9 Å². The molecule has 4 nitrogen and oxygen atoms in total. The number of rotatable bonds is 4. The molecule has 0 saturated heterocycles. The quantitative estimate of drug-likeness (QED) is 0.555. The molecule has 1 aliphatic rings. The minimum Gasteiger partial charge on any atom is -0.467 e. The molecule has 1 aliphatic carbocycles. The van der Waals surface area contributed by atoms with E-state index in [-0.39, 0.29) is 17.6 Å². The van der Waals surface area contributed by atoms with Crippen molar-refractivity contribution >= 4 is 24.5 Å². The highest BCUT2D eigenvalue weighted by Gasteiger charge is 2.27. The first-order chi connectivity index (χ1) is 7.19. The molecule has 5 heteroatoms. The topological polar surface area (TPSA) is 55.4 Å². The Morgan fingerprint density at radius 3 is 2.53 bits per heavy atom. The van der Waals surface area contributed by atoms with Crippen molar-refractivity contribution in [2.45, 2.75) is 31.7 Å². The van der Waals surface area contributed by atoms with E-state index in [2.05, 4.69) is 22.7 Å². The number of carbonyl (C=O) groups excluding carboxylic acids is 2. The van der Waals surface area contributed by atoms with Gasteiger partial charge in [0.2, 0.25) is 5.91 Å². The molecule has 1 N–H and O–H groups in total. The number of nitrogens with one attached hydrogen (secondary N) is 1. The monoisotopic (exact) mass is 231 g/mol. The molecule has 0 aromatic carbocycles. The summed E-state index contributed by atoms with van der Waals surface area (Å²) in [5, 5.41) is 2.67. The third-order valence-corrected chi connectivity index (χ3v) is 3.08. The molecule has 1 rings (SSSR count). The Labute approximate surface area is 95.2 Å². The zero-order valence-corrected chi connectivity index (χ0v) is 9.76. The summed E-state index contributed by atoms with van der Waals surface area (Å²) in [5.74, 6) is -0.143. The fourth-order valence-corrected chi connectivity index (χ4v) is 2.04. The van der Waals surface area contributed by atoms with Crippen LogP contribution in [0.4, 0.5) is 0 Å². The average molecular weight is 231 g/mol. The third-order valence-electron chi connectivity index (χ3n) is 2.71. The minimum atomic E-state index is -0.619. The first-order valence-electron chi connectivity index (χ1n) is 5.18. The summed E-state index contributed by atoms with van der Waals surface area (Å²) in [6.07, 6.45) is 4.04. The lowest BCUT2D eigenvalue weighted by atomic mass is 10.1. The Morgan fingerprint density at radius 1 is 1.47 bits per heavy atom. The number of hydrogen-bond donors (Lipinski definition) is 2. The predicted octanol–water partition coefficient (Wildman–Crippen LogP) is 0.764. The van der Waals surface area contributed by atoms with Crippen molar-refractivity contribution in [3.63, 3.8) is 0 Å². The molecular formula is C10H17NO3S. The molecule has 86 valence electrons. The number of thiol groups is 1. The van der Waals surface area contributed by atoms with E-state index in [4.69, 9.17) is 0 Å². The van der Waals surface area contributed by atoms with Crippen LogP contribution in [0.3, 0.4) is 0 Å². The second-order valence-electron chi connectivity index (χ2n) is 3.75. The van der Waals surface area contributed by atoms with Crippen LogP contribution in [0.25, 0.3) is 0 Å². The summed E-state index contributed by atoms with van der Waals surface area (Å²) in [5.41, 5.74) is 0. The molecule has 0 aliphatic heterocycles. The summed E-state index contributed by atoms with van der Waals surface area (Å²) in [6.45, 7) is 0. The van der Waals surface area contributed by atoms with Gasteiger partial charge in [-0.25, -0.2) is 4.79 Å². The number of carbonyl (C=O) groups is 2. The number of methoxy groups -OCH3 is 1. The van der Waals surface area contributed by atoms with E-state index in [1.807, 2.05) is 0 Å². The zero-order valence-electron chi connectivity index (χ0n) is 8.86. The van der Waals surface area contributed by atoms with Crippen molar-refractivity contribution in [3.05, 3.63) is 0 Å². The van der Waals surface area contributed by atoms with Crippen LogP contribution in [-0.2, 0) is 14.3 Å². The lowest BCUT2D eigenvalue weighted by Crippen LogP contribution is -2.45. The fourth-order valence-electron chi connectivity index (χ4n) is 1.80. The van der Waals surface area contributed by atoms with Gasteiger partial charge in [-0.1, -0.05) is 12.8 Å². The Bertz CT molecular complexity index is 239. The lowest BCUT2D eigenvalue weighted by molar-refractivity contribution is -0.144. The normalized spacial score (nSPS) is 18.5. The summed E-state index contributed by atoms with van der Waals surface area (Å²) in [6, 6.07) is -0.619. The largest absolute Gasteiger partial charge is 0.467 e. The van der Waals surface area contributed by atoms with Crippen molar-refractivity contribution in [2.24, 2.45) is 5.92 Å². The standard InChI is InChI=1S/C10H17NO3S/c1-14-10(13)8(6-15)11-9(12)7-4-2-3-5-7/h7-8,15H,2-6H2,1H3,(H,11,12)/t8-/m0/s1. The number of amides is 1. The second kappa shape index (κ2) is 6.00. The maximum atomic E-state index is 11.7. The Kier molecular flexibility index (Phi) is 4.94. The molecule has 1 fully saturated rings. The first-order valence-corrected chi connectivity index (χ1v) is 5.81. The molecule has 0 bridgehead atoms. The first kappa shape index (κ1) is 12.4. The average Bonchev–Trinajstić information content (AvgIpc) is 2.77. The van der Waals surface area contributed by atoms with Crippen molar-refractivity contribution in [3.8, 4) is 0 Å². The third kappa shape index (κ3) is 3.41. The van der Waals surface area contributed by atoms with Crippen LogP contribution < -0.4 is 5.32 Å². The van der Waals surface area contributed by atoms with Gasteiger partial charge >= 0.3 is 5.97 Å². The molecule has 0 heterocycles. The highest BCUT2D eigenvalue weighted by molar-refractivity contribution is 7.80. The summed E-state index contributed by atoms with van der Waals surface area (Å²) in [4.78, 5) is 22.9. The molecule has 0 unspecified atom stereocenters. The van der Waals surface area contributed by atoms with Crippen LogP contribution in [0.2, 0.25) is 0 Å². The Hall–Kier alpha value is -0.710. The molecular weight excluding hydrogens is 214 g/mol. The van der Waals surface area contributed by atoms with Crippen molar-refractivity contribution in [1.82, 2.24) is 5.32 Å². The van der Waals surface area contributed by atoms with Gasteiger partial charge in [0.15, 0.2) is 0 Å². The summed E-state index contributed by atoms with van der Waals surface area (Å²) >= 11 is 4.01. The molecule has 1 saturated carbocycles. The van der Waals surface area contributed by atoms with Gasteiger partial charge < -0.3 is 10.1 Å². The summed E-state index contributed by atoms with van der Waals surface area (Å²) in [7, 11) is 1.31. The molecule has 1 amide bonds. The summed E-state index contributed by atoms with van der Waals surface area (Å²) < 4.78 is 4.56. The van der Waals surface area contributed by atoms with Gasteiger partial charge in [-0.15, -0.1) is 0 Å². The van der Waals surface area contributed by atoms with E-state index < -0.39 is 12.0 Å². The van der Waals surface area contributed by atoms with Gasteiger partial charge in [-0.05, 0) is 12.8 Å². The van der Waals surface area contributed by atoms with Crippen LogP contribution in [0, 0.1) is 5.92 Å². The van der Waals surface area contributed by atoms with Gasteiger partial charge in [0.1, 0.15) is 6.04 Å². The Balaban J connectivity index is 2.43. The van der Waals surface area contributed by atoms with Crippen LogP contribution in [0.15, 0.2) is 0 Å². The van der Waals surface area contributed by atoms with E-state index in [0.29, 0.717) is 0 Å². The highest BCUT2D eigenvalue weighted by Crippen LogP contribution is 2.24. The van der Waals surface area contributed by atoms with Crippen LogP contribution in [0.5, 0.6) is 0 Å².